The molecule has 1 aromatic carbocycles. The van der Waals surface area contributed by atoms with E-state index in [-0.39, 0.29) is 16.7 Å². The zero-order valence-corrected chi connectivity index (χ0v) is 23.9. The number of carboxylic acid groups (broad SMARTS) is 1. The first kappa shape index (κ1) is 29.9. The Bertz CT molecular complexity index is 1140. The van der Waals surface area contributed by atoms with E-state index in [1.807, 2.05) is 20.8 Å². The van der Waals surface area contributed by atoms with Crippen molar-refractivity contribution in [2.24, 2.45) is 5.92 Å². The van der Waals surface area contributed by atoms with Crippen molar-refractivity contribution in [2.45, 2.75) is 75.1 Å². The summed E-state index contributed by atoms with van der Waals surface area (Å²) in [5, 5.41) is 11.1. The number of aliphatic carboxylic acids is 1. The average molecular weight is 567 g/mol. The molecule has 0 saturated carbocycles. The smallest absolute Gasteiger partial charge is 0.410 e. The van der Waals surface area contributed by atoms with Crippen molar-refractivity contribution in [3.05, 3.63) is 47.3 Å². The summed E-state index contributed by atoms with van der Waals surface area (Å²) in [6, 6.07) is 8.82. The molecule has 2 aromatic rings. The SMILES string of the molecule is CC(C)(C)OC(=O)N1CCC(CCCCOc2ccc(C[C@H](NS(=O)(=O)c3cccs3)C(=O)O)cc2)CC1. The van der Waals surface area contributed by atoms with Crippen LogP contribution in [0.25, 0.3) is 0 Å². The van der Waals surface area contributed by atoms with Gasteiger partial charge >= 0.3 is 12.1 Å². The number of hydrogen-bond acceptors (Lipinski definition) is 7. The highest BCUT2D eigenvalue weighted by Crippen LogP contribution is 2.24. The van der Waals surface area contributed by atoms with E-state index in [1.54, 1.807) is 40.6 Å². The molecule has 38 heavy (non-hydrogen) atoms. The fourth-order valence-corrected chi connectivity index (χ4v) is 6.45. The molecule has 1 saturated heterocycles. The van der Waals surface area contributed by atoms with E-state index in [9.17, 15) is 23.1 Å². The van der Waals surface area contributed by atoms with Gasteiger partial charge < -0.3 is 19.5 Å². The van der Waals surface area contributed by atoms with Gasteiger partial charge in [-0.2, -0.15) is 4.72 Å². The summed E-state index contributed by atoms with van der Waals surface area (Å²) in [5.74, 6) is 0.0545. The van der Waals surface area contributed by atoms with Gasteiger partial charge in [0.1, 0.15) is 21.6 Å². The van der Waals surface area contributed by atoms with E-state index in [1.165, 1.54) is 6.07 Å². The Labute approximate surface area is 229 Å². The summed E-state index contributed by atoms with van der Waals surface area (Å²) < 4.78 is 38.5. The lowest BCUT2D eigenvalue weighted by molar-refractivity contribution is -0.138. The fraction of sp³-hybridized carbons (Fsp3) is 0.556. The first-order valence-electron chi connectivity index (χ1n) is 12.9. The molecule has 1 aliphatic rings. The molecule has 9 nitrogen and oxygen atoms in total. The van der Waals surface area contributed by atoms with Crippen molar-refractivity contribution >= 4 is 33.4 Å². The zero-order valence-electron chi connectivity index (χ0n) is 22.2. The number of unbranched alkanes of at least 4 members (excludes halogenated alkanes) is 1. The van der Waals surface area contributed by atoms with E-state index in [2.05, 4.69) is 4.72 Å². The molecule has 11 heteroatoms. The topological polar surface area (TPSA) is 122 Å². The summed E-state index contributed by atoms with van der Waals surface area (Å²) in [4.78, 5) is 25.6. The highest BCUT2D eigenvalue weighted by Gasteiger charge is 2.27. The third-order valence-electron chi connectivity index (χ3n) is 6.26. The number of thiophene rings is 1. The maximum atomic E-state index is 12.4. The standard InChI is InChI=1S/C27H38N2O7S2/c1-27(2,3)36-26(32)29-15-13-20(14-16-29)7-4-5-17-35-22-11-9-21(10-12-22)19-23(25(30)31)28-38(33,34)24-8-6-18-37-24/h6,8-12,18,20,23,28H,4-5,7,13-17,19H2,1-3H3,(H,30,31)/t23-/m0/s1. The lowest BCUT2D eigenvalue weighted by Crippen LogP contribution is -2.42. The number of hydrogen-bond donors (Lipinski definition) is 2. The van der Waals surface area contributed by atoms with Gasteiger partial charge in [0.25, 0.3) is 10.0 Å². The van der Waals surface area contributed by atoms with Crippen LogP contribution >= 0.6 is 11.3 Å². The van der Waals surface area contributed by atoms with Gasteiger partial charge in [0.2, 0.25) is 0 Å². The molecule has 210 valence electrons. The highest BCUT2D eigenvalue weighted by atomic mass is 32.2. The van der Waals surface area contributed by atoms with Crippen LogP contribution in [0.3, 0.4) is 0 Å². The summed E-state index contributed by atoms with van der Waals surface area (Å²) in [6.07, 6.45) is 4.83. The summed E-state index contributed by atoms with van der Waals surface area (Å²) in [5.41, 5.74) is 0.219. The maximum absolute atomic E-state index is 12.4. The highest BCUT2D eigenvalue weighted by molar-refractivity contribution is 7.91. The number of sulfonamides is 1. The Kier molecular flexibility index (Phi) is 10.6. The van der Waals surface area contributed by atoms with Gasteiger partial charge in [0, 0.05) is 13.1 Å². The average Bonchev–Trinajstić information content (AvgIpc) is 3.40. The molecule has 2 heterocycles. The van der Waals surface area contributed by atoms with Gasteiger partial charge in [-0.3, -0.25) is 4.79 Å². The minimum atomic E-state index is -3.89. The van der Waals surface area contributed by atoms with E-state index in [4.69, 9.17) is 9.47 Å². The molecular weight excluding hydrogens is 528 g/mol. The van der Waals surface area contributed by atoms with Crippen molar-refractivity contribution in [2.75, 3.05) is 19.7 Å². The number of carbonyl (C=O) groups is 2. The van der Waals surface area contributed by atoms with E-state index >= 15 is 0 Å². The third kappa shape index (κ3) is 9.59. The number of carbonyl (C=O) groups excluding carboxylic acids is 1. The molecular formula is C27H38N2O7S2. The lowest BCUT2D eigenvalue weighted by atomic mass is 9.92. The molecule has 1 aliphatic heterocycles. The first-order valence-corrected chi connectivity index (χ1v) is 15.3. The maximum Gasteiger partial charge on any atom is 0.410 e. The molecule has 3 rings (SSSR count). The number of rotatable bonds is 12. The van der Waals surface area contributed by atoms with E-state index in [0.29, 0.717) is 23.8 Å². The quantitative estimate of drug-likeness (QED) is 0.350. The Hall–Kier alpha value is -2.63. The summed E-state index contributed by atoms with van der Waals surface area (Å²) >= 11 is 1.03. The molecule has 1 fully saturated rings. The molecule has 1 amide bonds. The molecule has 0 unspecified atom stereocenters. The molecule has 0 aliphatic carbocycles. The summed E-state index contributed by atoms with van der Waals surface area (Å²) in [6.45, 7) is 7.69. The van der Waals surface area contributed by atoms with Crippen LogP contribution in [0, 0.1) is 5.92 Å². The monoisotopic (exact) mass is 566 g/mol. The number of carboxylic acids is 1. The Morgan fingerprint density at radius 3 is 2.39 bits per heavy atom. The van der Waals surface area contributed by atoms with Crippen molar-refractivity contribution in [1.29, 1.82) is 0 Å². The zero-order chi connectivity index (χ0) is 27.8. The predicted molar refractivity (Wildman–Crippen MR) is 146 cm³/mol. The van der Waals surface area contributed by atoms with Gasteiger partial charge in [0.05, 0.1) is 6.61 Å². The molecule has 0 bridgehead atoms. The second-order valence-corrected chi connectivity index (χ2v) is 13.4. The second kappa shape index (κ2) is 13.4. The molecule has 0 spiro atoms. The third-order valence-corrected chi connectivity index (χ3v) is 9.13. The van der Waals surface area contributed by atoms with E-state index < -0.39 is 27.6 Å². The first-order chi connectivity index (χ1) is 17.9. The van der Waals surface area contributed by atoms with Crippen LogP contribution in [-0.4, -0.2) is 61.8 Å². The van der Waals surface area contributed by atoms with Gasteiger partial charge in [-0.1, -0.05) is 24.6 Å². The Morgan fingerprint density at radius 2 is 1.82 bits per heavy atom. The molecule has 2 N–H and O–H groups in total. The molecule has 1 atom stereocenters. The van der Waals surface area contributed by atoms with Crippen LogP contribution in [-0.2, 0) is 26.0 Å². The lowest BCUT2D eigenvalue weighted by Gasteiger charge is -2.33. The molecule has 1 aromatic heterocycles. The summed E-state index contributed by atoms with van der Waals surface area (Å²) in [7, 11) is -3.89. The fourth-order valence-electron chi connectivity index (χ4n) is 4.25. The van der Waals surface area contributed by atoms with Gasteiger partial charge in [-0.15, -0.1) is 11.3 Å². The predicted octanol–water partition coefficient (Wildman–Crippen LogP) is 4.92. The van der Waals surface area contributed by atoms with Crippen molar-refractivity contribution in [1.82, 2.24) is 9.62 Å². The number of likely N-dealkylation sites (tertiary alicyclic amines) is 1. The number of ether oxygens (including phenoxy) is 2. The minimum Gasteiger partial charge on any atom is -0.494 e. The van der Waals surface area contributed by atoms with Gasteiger partial charge in [0.15, 0.2) is 0 Å². The number of piperidine rings is 1. The Morgan fingerprint density at radius 1 is 1.13 bits per heavy atom. The second-order valence-electron chi connectivity index (χ2n) is 10.5. The number of nitrogens with one attached hydrogen (secondary N) is 1. The number of nitrogens with zero attached hydrogens (tertiary/aromatic N) is 1. The number of benzene rings is 1. The Balaban J connectivity index is 1.35. The van der Waals surface area contributed by atoms with Crippen LogP contribution in [0.2, 0.25) is 0 Å². The van der Waals surface area contributed by atoms with Crippen molar-refractivity contribution < 1.29 is 32.6 Å². The number of amides is 1. The van der Waals surface area contributed by atoms with Crippen LogP contribution in [0.1, 0.15) is 58.4 Å². The van der Waals surface area contributed by atoms with Crippen LogP contribution in [0.4, 0.5) is 4.79 Å². The van der Waals surface area contributed by atoms with Crippen LogP contribution in [0.5, 0.6) is 5.75 Å². The van der Waals surface area contributed by atoms with Gasteiger partial charge in [-0.05, 0) is 87.9 Å². The van der Waals surface area contributed by atoms with Crippen molar-refractivity contribution in [3.63, 3.8) is 0 Å². The van der Waals surface area contributed by atoms with E-state index in [0.717, 1.165) is 56.5 Å². The largest absolute Gasteiger partial charge is 0.494 e. The molecule has 0 radical (unpaired) electrons. The van der Waals surface area contributed by atoms with Crippen LogP contribution in [0.15, 0.2) is 46.0 Å². The van der Waals surface area contributed by atoms with Gasteiger partial charge in [-0.25, -0.2) is 13.2 Å². The minimum absolute atomic E-state index is 0.0208. The normalized spacial score (nSPS) is 15.7. The van der Waals surface area contributed by atoms with Crippen LogP contribution < -0.4 is 9.46 Å². The van der Waals surface area contributed by atoms with Crippen molar-refractivity contribution in [3.8, 4) is 5.75 Å².